The highest BCUT2D eigenvalue weighted by molar-refractivity contribution is 5.35. The number of aliphatic hydroxyl groups is 5. The monoisotopic (exact) mass is 490 g/mol. The maximum atomic E-state index is 11.7. The molecule has 11 atom stereocenters. The van der Waals surface area contributed by atoms with Gasteiger partial charge in [-0.2, -0.15) is 0 Å². The number of fused-ring (bicyclic) bond motifs is 7. The Bertz CT molecular complexity index is 899. The van der Waals surface area contributed by atoms with Gasteiger partial charge in [0.2, 0.25) is 0 Å². The first-order valence-electron chi connectivity index (χ1n) is 14.1. The largest absolute Gasteiger partial charge is 0.396 e. The Kier molecular flexibility index (Phi) is 5.82. The topological polar surface area (TPSA) is 101 Å². The van der Waals surface area contributed by atoms with E-state index in [-0.39, 0.29) is 46.7 Å². The van der Waals surface area contributed by atoms with Crippen molar-refractivity contribution < 1.29 is 25.5 Å². The summed E-state index contributed by atoms with van der Waals surface area (Å²) in [6.45, 7) is 13.5. The first-order chi connectivity index (χ1) is 16.2. The Morgan fingerprint density at radius 2 is 1.46 bits per heavy atom. The molecule has 5 aliphatic rings. The summed E-state index contributed by atoms with van der Waals surface area (Å²) in [5.41, 5.74) is -0.159. The maximum absolute atomic E-state index is 11.7. The summed E-state index contributed by atoms with van der Waals surface area (Å²) < 4.78 is 0. The molecule has 5 nitrogen and oxygen atoms in total. The van der Waals surface area contributed by atoms with Crippen molar-refractivity contribution >= 4 is 0 Å². The van der Waals surface area contributed by atoms with Crippen molar-refractivity contribution in [1.82, 2.24) is 0 Å². The Morgan fingerprint density at radius 1 is 0.771 bits per heavy atom. The quantitative estimate of drug-likeness (QED) is 0.376. The summed E-state index contributed by atoms with van der Waals surface area (Å²) >= 11 is 0. The fraction of sp³-hybridized carbons (Fsp3) is 0.933. The zero-order valence-electron chi connectivity index (χ0n) is 22.8. The summed E-state index contributed by atoms with van der Waals surface area (Å²) in [6, 6.07) is 0. The molecule has 0 heterocycles. The van der Waals surface area contributed by atoms with Crippen LogP contribution in [0.15, 0.2) is 11.6 Å². The van der Waals surface area contributed by atoms with Crippen LogP contribution in [0.25, 0.3) is 0 Å². The van der Waals surface area contributed by atoms with E-state index in [1.165, 1.54) is 5.57 Å². The highest BCUT2D eigenvalue weighted by Crippen LogP contribution is 2.75. The van der Waals surface area contributed by atoms with Crippen LogP contribution in [0, 0.1) is 50.2 Å². The molecule has 0 aromatic carbocycles. The Labute approximate surface area is 212 Å². The van der Waals surface area contributed by atoms with Crippen molar-refractivity contribution in [3.05, 3.63) is 11.6 Å². The van der Waals surface area contributed by atoms with Crippen molar-refractivity contribution in [3.8, 4) is 0 Å². The van der Waals surface area contributed by atoms with E-state index in [1.807, 2.05) is 0 Å². The zero-order valence-corrected chi connectivity index (χ0v) is 22.8. The van der Waals surface area contributed by atoms with Crippen molar-refractivity contribution in [1.29, 1.82) is 0 Å². The number of aliphatic hydroxyl groups excluding tert-OH is 5. The average Bonchev–Trinajstić information content (AvgIpc) is 2.78. The summed E-state index contributed by atoms with van der Waals surface area (Å²) in [7, 11) is 0. The van der Waals surface area contributed by atoms with E-state index in [0.717, 1.165) is 38.5 Å². The van der Waals surface area contributed by atoms with Gasteiger partial charge >= 0.3 is 0 Å². The van der Waals surface area contributed by atoms with E-state index in [2.05, 4.69) is 47.6 Å². The van der Waals surface area contributed by atoms with E-state index < -0.39 is 29.1 Å². The number of hydrogen-bond donors (Lipinski definition) is 5. The molecule has 0 amide bonds. The molecule has 5 heteroatoms. The minimum absolute atomic E-state index is 0.0101. The smallest absolute Gasteiger partial charge is 0.0633 e. The third-order valence-corrected chi connectivity index (χ3v) is 13.5. The van der Waals surface area contributed by atoms with Crippen molar-refractivity contribution in [2.75, 3.05) is 13.2 Å². The second-order valence-electron chi connectivity index (χ2n) is 15.1. The van der Waals surface area contributed by atoms with Gasteiger partial charge in [-0.15, -0.1) is 0 Å². The third kappa shape index (κ3) is 3.05. The molecule has 0 saturated heterocycles. The van der Waals surface area contributed by atoms with Gasteiger partial charge in [0.05, 0.1) is 31.5 Å². The summed E-state index contributed by atoms with van der Waals surface area (Å²) in [5.74, 6) is 0.755. The molecule has 0 aromatic heterocycles. The molecular weight excluding hydrogens is 440 g/mol. The van der Waals surface area contributed by atoms with Crippen LogP contribution in [0.5, 0.6) is 0 Å². The van der Waals surface area contributed by atoms with Crippen LogP contribution in [-0.2, 0) is 0 Å². The van der Waals surface area contributed by atoms with Crippen LogP contribution in [0.2, 0.25) is 0 Å². The van der Waals surface area contributed by atoms with Crippen LogP contribution < -0.4 is 0 Å². The van der Waals surface area contributed by atoms with Gasteiger partial charge in [-0.1, -0.05) is 53.2 Å². The molecule has 5 rings (SSSR count). The van der Waals surface area contributed by atoms with E-state index >= 15 is 0 Å². The minimum atomic E-state index is -0.672. The molecule has 0 radical (unpaired) electrons. The second-order valence-corrected chi connectivity index (χ2v) is 15.1. The average molecular weight is 491 g/mol. The van der Waals surface area contributed by atoms with Gasteiger partial charge in [-0.05, 0) is 90.8 Å². The first kappa shape index (κ1) is 26.2. The maximum Gasteiger partial charge on any atom is 0.0633 e. The van der Waals surface area contributed by atoms with Crippen molar-refractivity contribution in [2.45, 2.75) is 111 Å². The normalized spacial score (nSPS) is 57.3. The van der Waals surface area contributed by atoms with Gasteiger partial charge in [0.15, 0.2) is 0 Å². The zero-order chi connectivity index (χ0) is 25.8. The number of allylic oxidation sites excluding steroid dienone is 2. The summed E-state index contributed by atoms with van der Waals surface area (Å²) in [5, 5.41) is 54.7. The predicted molar refractivity (Wildman–Crippen MR) is 136 cm³/mol. The van der Waals surface area contributed by atoms with Gasteiger partial charge < -0.3 is 25.5 Å². The first-order valence-corrected chi connectivity index (χ1v) is 14.1. The molecular formula is C30H50O5. The van der Waals surface area contributed by atoms with Gasteiger partial charge in [0.1, 0.15) is 0 Å². The number of rotatable bonds is 2. The van der Waals surface area contributed by atoms with Crippen LogP contribution in [0.4, 0.5) is 0 Å². The highest BCUT2D eigenvalue weighted by Gasteiger charge is 2.70. The van der Waals surface area contributed by atoms with E-state index in [4.69, 9.17) is 0 Å². The van der Waals surface area contributed by atoms with E-state index in [1.54, 1.807) is 0 Å². The van der Waals surface area contributed by atoms with E-state index in [9.17, 15) is 25.5 Å². The lowest BCUT2D eigenvalue weighted by molar-refractivity contribution is -0.232. The molecule has 35 heavy (non-hydrogen) atoms. The van der Waals surface area contributed by atoms with Crippen molar-refractivity contribution in [3.63, 3.8) is 0 Å². The SMILES string of the molecule is CC1(C)C[C@H]2C3=CC[C@@H]4[C@@]5(C)CC[C@H](O)[C@@](C)(CO)[C@H]5CC[C@@]4(C)[C@]3(C)C[C@H](O)[C@@]2(CO)C[C@@H]1O. The molecule has 0 bridgehead atoms. The fourth-order valence-electron chi connectivity index (χ4n) is 10.7. The predicted octanol–water partition coefficient (Wildman–Crippen LogP) is 4.06. The van der Waals surface area contributed by atoms with Gasteiger partial charge in [-0.3, -0.25) is 0 Å². The lowest BCUT2D eigenvalue weighted by Gasteiger charge is -2.72. The molecule has 5 aliphatic carbocycles. The van der Waals surface area contributed by atoms with Crippen LogP contribution in [-0.4, -0.2) is 57.1 Å². The molecule has 0 aliphatic heterocycles. The second kappa shape index (κ2) is 7.79. The van der Waals surface area contributed by atoms with Gasteiger partial charge in [-0.25, -0.2) is 0 Å². The van der Waals surface area contributed by atoms with Crippen LogP contribution in [0.1, 0.15) is 92.9 Å². The molecule has 200 valence electrons. The van der Waals surface area contributed by atoms with Gasteiger partial charge in [0.25, 0.3) is 0 Å². The lowest BCUT2D eigenvalue weighted by atomic mass is 9.33. The standard InChI is InChI=1S/C30H50O5/c1-25(2)13-19-18-7-8-21-26(3)11-10-22(33)27(4,16-31)20(26)9-12-28(21,5)29(18,6)14-24(35)30(19,17-32)15-23(25)34/h7,19-24,31-35H,8-17H2,1-6H3/t19-,20-,21+,22-,23-,24-,26-,27-,28+,29+,30+/m0/s1. The Hall–Kier alpha value is -0.460. The molecule has 4 fully saturated rings. The third-order valence-electron chi connectivity index (χ3n) is 13.5. The highest BCUT2D eigenvalue weighted by atomic mass is 16.3. The minimum Gasteiger partial charge on any atom is -0.396 e. The Balaban J connectivity index is 1.61. The molecule has 5 N–H and O–H groups in total. The van der Waals surface area contributed by atoms with Gasteiger partial charge in [0, 0.05) is 10.8 Å². The number of hydrogen-bond acceptors (Lipinski definition) is 5. The molecule has 0 spiro atoms. The van der Waals surface area contributed by atoms with Crippen LogP contribution >= 0.6 is 0 Å². The molecule has 0 aromatic rings. The Morgan fingerprint density at radius 3 is 2.09 bits per heavy atom. The summed E-state index contributed by atoms with van der Waals surface area (Å²) in [6.07, 6.45) is 7.36. The van der Waals surface area contributed by atoms with Crippen LogP contribution in [0.3, 0.4) is 0 Å². The molecule has 4 saturated carbocycles. The lowest BCUT2D eigenvalue weighted by Crippen LogP contribution is -2.68. The fourth-order valence-corrected chi connectivity index (χ4v) is 10.7. The van der Waals surface area contributed by atoms with Crippen molar-refractivity contribution in [2.24, 2.45) is 50.2 Å². The van der Waals surface area contributed by atoms with E-state index in [0.29, 0.717) is 18.8 Å². The summed E-state index contributed by atoms with van der Waals surface area (Å²) in [4.78, 5) is 0. The molecule has 0 unspecified atom stereocenters.